The van der Waals surface area contributed by atoms with E-state index in [1.165, 1.54) is 56.3 Å². The van der Waals surface area contributed by atoms with E-state index in [1.54, 1.807) is 33.3 Å². The summed E-state index contributed by atoms with van der Waals surface area (Å²) in [6.45, 7) is 17.0. The van der Waals surface area contributed by atoms with Crippen molar-refractivity contribution in [2.75, 3.05) is 0 Å². The topological polar surface area (TPSA) is 173 Å². The molecule has 0 bridgehead atoms. The molecule has 0 amide bonds. The Hall–Kier alpha value is -15.1. The van der Waals surface area contributed by atoms with Crippen LogP contribution in [0.15, 0.2) is 286 Å². The normalized spacial score (nSPS) is 12.1. The molecule has 10 aromatic carbocycles. The van der Waals surface area contributed by atoms with E-state index in [9.17, 15) is 0 Å². The molecule has 0 spiro atoms. The van der Waals surface area contributed by atoms with Gasteiger partial charge in [-0.25, -0.2) is 47.8 Å². The van der Waals surface area contributed by atoms with E-state index >= 15 is 0 Å². The molecule has 123 heavy (non-hydrogen) atoms. The van der Waals surface area contributed by atoms with E-state index in [4.69, 9.17) is 13.2 Å². The fourth-order valence-corrected chi connectivity index (χ4v) is 16.6. The average Bonchev–Trinajstić information content (AvgIpc) is 1.62. The summed E-state index contributed by atoms with van der Waals surface area (Å²) in [4.78, 5) is 44.1. The molecule has 0 saturated carbocycles. The second-order valence-electron chi connectivity index (χ2n) is 30.8. The predicted octanol–water partition coefficient (Wildman–Crippen LogP) is 18.6. The summed E-state index contributed by atoms with van der Waals surface area (Å²) >= 11 is 0. The molecule has 20 rings (SSSR count). The van der Waals surface area contributed by atoms with E-state index in [2.05, 4.69) is 288 Å². The molecule has 0 aliphatic rings. The maximum atomic E-state index is 8.14. The highest BCUT2D eigenvalue weighted by Gasteiger charge is 2.35. The number of aromatic nitrogens is 20. The summed E-state index contributed by atoms with van der Waals surface area (Å²) in [6.07, 6.45) is 6.61. The molecule has 608 valence electrons. The summed E-state index contributed by atoms with van der Waals surface area (Å²) in [6, 6.07) is 88.6. The lowest BCUT2D eigenvalue weighted by atomic mass is 10.1. The summed E-state index contributed by atoms with van der Waals surface area (Å²) in [5.41, 5.74) is 24.5. The number of rotatable bonds is 10. The van der Waals surface area contributed by atoms with Gasteiger partial charge in [-0.15, -0.1) is 0 Å². The van der Waals surface area contributed by atoms with E-state index in [1.807, 2.05) is 160 Å². The fraction of sp³-hybridized carbons (Fsp3) is 0.175. The average molecular weight is 1630 g/mol. The van der Waals surface area contributed by atoms with Crippen LogP contribution >= 0.6 is 0 Å². The number of hydrogen-bond acceptors (Lipinski definition) is 10. The Bertz CT molecular complexity index is 7620. The van der Waals surface area contributed by atoms with Gasteiger partial charge in [0.25, 0.3) is 29.1 Å². The fourth-order valence-electron chi connectivity index (χ4n) is 16.6. The second kappa shape index (κ2) is 34.7. The Balaban J connectivity index is 0.000000118. The minimum absolute atomic E-state index is 0.172. The van der Waals surface area contributed by atoms with Crippen molar-refractivity contribution in [1.29, 1.82) is 0 Å². The van der Waals surface area contributed by atoms with Crippen LogP contribution in [-0.4, -0.2) is 72.7 Å². The minimum Gasteiger partial charge on any atom is -0.244 e. The molecule has 0 N–H and O–H groups in total. The highest BCUT2D eigenvalue weighted by Crippen LogP contribution is 2.36. The summed E-state index contributed by atoms with van der Waals surface area (Å²) in [5.74, 6) is 10.7. The van der Waals surface area contributed by atoms with Crippen molar-refractivity contribution in [1.82, 2.24) is 72.7 Å². The van der Waals surface area contributed by atoms with Crippen LogP contribution < -0.4 is 22.8 Å². The lowest BCUT2D eigenvalue weighted by Gasteiger charge is -2.09. The summed E-state index contributed by atoms with van der Waals surface area (Å²) in [5, 5.41) is 0. The van der Waals surface area contributed by atoms with Crippen molar-refractivity contribution >= 4 is 55.2 Å². The van der Waals surface area contributed by atoms with Crippen LogP contribution in [0.25, 0.3) is 141 Å². The third-order valence-corrected chi connectivity index (χ3v) is 22.6. The smallest absolute Gasteiger partial charge is 0.244 e. The van der Waals surface area contributed by atoms with Crippen LogP contribution in [0, 0.1) is 89.9 Å². The van der Waals surface area contributed by atoms with Crippen molar-refractivity contribution in [3.05, 3.63) is 359 Å². The molecule has 20 heteroatoms. The zero-order chi connectivity index (χ0) is 91.0. The van der Waals surface area contributed by atoms with Gasteiger partial charge in [0.2, 0.25) is 29.1 Å². The first kappa shape index (κ1) is 74.3. The van der Waals surface area contributed by atoms with Crippen LogP contribution in [0.5, 0.6) is 0 Å². The molecule has 20 nitrogen and oxygen atoms in total. The quantitative estimate of drug-likeness (QED) is 0.120. The van der Waals surface area contributed by atoms with Crippen molar-refractivity contribution in [2.45, 2.75) is 89.9 Å². The maximum absolute atomic E-state index is 8.14. The van der Waals surface area contributed by atoms with Crippen molar-refractivity contribution < 1.29 is 31.1 Å². The molecule has 0 atom stereocenters. The van der Waals surface area contributed by atoms with Gasteiger partial charge in [-0.3, -0.25) is 0 Å². The van der Waals surface area contributed by atoms with Crippen LogP contribution in [-0.2, 0) is 35.2 Å². The van der Waals surface area contributed by atoms with Gasteiger partial charge in [0.1, 0.15) is 30.1 Å². The molecule has 20 aromatic rings. The lowest BCUT2D eigenvalue weighted by Crippen LogP contribution is -2.30. The molecule has 0 saturated heterocycles. The molecule has 0 aliphatic heterocycles. The van der Waals surface area contributed by atoms with E-state index in [-0.39, 0.29) is 11.1 Å². The SMILES string of the molecule is Cc1cc(-n2c(-c3ccccc3C)[n+](C)c3ccccc32)nc(C)n1.Cc1ccccc1-c1n(-c2ccncn2)c2ccccc2[n+]1C.Cc1nccc(-n2c(-c3ccccc3C)[n+](C)c3ccccc32)n1.[2H]C([2H])([2H])c1c(C)nc(C)nc1-n1c(-c2ccccc2C)[n+](C)c2ccccc21.[2H]C([2H])([2H])c1c(C)ncnc1-n1c(-c2ccccc2C)[n+](C)c2ccccc21. The van der Waals surface area contributed by atoms with Crippen molar-refractivity contribution in [3.63, 3.8) is 0 Å². The highest BCUT2D eigenvalue weighted by atomic mass is 15.2. The molecule has 10 heterocycles. The van der Waals surface area contributed by atoms with Crippen LogP contribution in [0.3, 0.4) is 0 Å². The number of fused-ring (bicyclic) bond motifs is 5. The first-order chi connectivity index (χ1) is 62.0. The monoisotopic (exact) mass is 1620 g/mol. The van der Waals surface area contributed by atoms with Gasteiger partial charge in [0.15, 0.2) is 55.2 Å². The number of imidazole rings is 5. The lowest BCUT2D eigenvalue weighted by molar-refractivity contribution is -0.634. The number of hydrogen-bond donors (Lipinski definition) is 0. The van der Waals surface area contributed by atoms with Gasteiger partial charge in [-0.1, -0.05) is 152 Å². The third-order valence-electron chi connectivity index (χ3n) is 22.6. The Morgan fingerprint density at radius 2 is 0.585 bits per heavy atom. The zero-order valence-electron chi connectivity index (χ0n) is 78.1. The van der Waals surface area contributed by atoms with Crippen molar-refractivity contribution in [2.24, 2.45) is 35.2 Å². The third kappa shape index (κ3) is 15.6. The van der Waals surface area contributed by atoms with Crippen LogP contribution in [0.4, 0.5) is 0 Å². The van der Waals surface area contributed by atoms with E-state index < -0.39 is 13.7 Å². The number of benzene rings is 10. The first-order valence-electron chi connectivity index (χ1n) is 43.9. The number of aryl methyl sites for hydroxylation is 16. The first-order valence-corrected chi connectivity index (χ1v) is 40.9. The highest BCUT2D eigenvalue weighted by molar-refractivity contribution is 5.84. The Labute approximate surface area is 725 Å². The Morgan fingerprint density at radius 3 is 0.959 bits per heavy atom. The van der Waals surface area contributed by atoms with Gasteiger partial charge >= 0.3 is 0 Å². The molecular formula is C103H101N20+5. The molecule has 0 radical (unpaired) electrons. The predicted molar refractivity (Wildman–Crippen MR) is 489 cm³/mol. The van der Waals surface area contributed by atoms with Gasteiger partial charge in [0.05, 0.1) is 63.1 Å². The number of nitrogens with zero attached hydrogens (tertiary/aromatic N) is 20. The molecule has 0 aliphatic carbocycles. The standard InChI is InChI=1S/C22H23N4.2C21H21N4.C20H19N4.C19H17N4/c1-14-10-6-7-11-18(14)22-25(5)19-12-8-9-13-20(19)26(22)21-15(2)16(3)23-17(4)24-21;1-14-9-5-6-10-17(14)21-24(4)18-11-7-8-12-19(18)25(21)20-15(2)16(3)22-13-23-20;1-14-9-5-6-10-17(14)21-24(4)18-11-7-8-12-19(18)25(21)20-13-15(2)22-16(3)23-20;1-14-8-4-5-9-16(14)20-23(3)17-10-6-7-11-18(17)24(20)19-12-13-21-15(2)22-19;1-14-7-3-4-8-15(14)19-22(2)16-9-5-6-10-17(16)23(19)18-11-12-20-13-21-18/h6-13H,1-5H3;2*5-13H,1-4H3;4-13H,1-3H3;3-13H,1-2H3/q5*+1/i2*2D3;;;. The van der Waals surface area contributed by atoms with Gasteiger partial charge < -0.3 is 0 Å². The molecule has 0 fully saturated rings. The van der Waals surface area contributed by atoms with Gasteiger partial charge in [-0.2, -0.15) is 47.8 Å². The molecule has 0 unspecified atom stereocenters. The Morgan fingerprint density at radius 1 is 0.260 bits per heavy atom. The zero-order valence-corrected chi connectivity index (χ0v) is 72.1. The molecular weight excluding hydrogens is 1520 g/mol. The minimum atomic E-state index is -2.33. The number of para-hydroxylation sites is 10. The van der Waals surface area contributed by atoms with Crippen LogP contribution in [0.1, 0.15) is 81.7 Å². The van der Waals surface area contributed by atoms with Crippen LogP contribution in [0.2, 0.25) is 0 Å². The summed E-state index contributed by atoms with van der Waals surface area (Å²) in [7, 11) is 10.3. The Kier molecular flexibility index (Phi) is 21.0. The van der Waals surface area contributed by atoms with E-state index in [0.717, 1.165) is 125 Å². The van der Waals surface area contributed by atoms with Gasteiger partial charge in [0, 0.05) is 67.0 Å². The van der Waals surface area contributed by atoms with E-state index in [0.29, 0.717) is 28.8 Å². The van der Waals surface area contributed by atoms with Crippen molar-refractivity contribution in [3.8, 4) is 86.0 Å². The largest absolute Gasteiger partial charge is 0.296 e. The molecule has 10 aromatic heterocycles. The second-order valence-corrected chi connectivity index (χ2v) is 30.8. The maximum Gasteiger partial charge on any atom is 0.296 e. The summed E-state index contributed by atoms with van der Waals surface area (Å²) < 4.78 is 70.0. The van der Waals surface area contributed by atoms with Gasteiger partial charge in [-0.05, 0) is 209 Å².